The van der Waals surface area contributed by atoms with Crippen LogP contribution >= 0.6 is 0 Å². The van der Waals surface area contributed by atoms with Crippen LogP contribution in [0.2, 0.25) is 0 Å². The topological polar surface area (TPSA) is 49.0 Å². The first kappa shape index (κ1) is 16.5. The minimum absolute atomic E-state index is 0.0464. The van der Waals surface area contributed by atoms with Crippen LogP contribution < -0.4 is 0 Å². The number of nitrogens with zero attached hydrogens (tertiary/aromatic N) is 2. The largest absolute Gasteiger partial charge is 0.330 e. The predicted molar refractivity (Wildman–Crippen MR) is 98.2 cm³/mol. The molecular weight excluding hydrogens is 329 g/mol. The molecule has 1 saturated heterocycles. The second kappa shape index (κ2) is 6.75. The van der Waals surface area contributed by atoms with Crippen molar-refractivity contribution < 1.29 is 9.18 Å². The van der Waals surface area contributed by atoms with Gasteiger partial charge < -0.3 is 4.90 Å². The fourth-order valence-electron chi connectivity index (χ4n) is 3.59. The summed E-state index contributed by atoms with van der Waals surface area (Å²) in [5.41, 5.74) is 4.25. The molecule has 1 aliphatic heterocycles. The molecule has 1 fully saturated rings. The third-order valence-corrected chi connectivity index (χ3v) is 4.89. The molecule has 2 aromatic carbocycles. The van der Waals surface area contributed by atoms with Gasteiger partial charge in [0, 0.05) is 12.1 Å². The zero-order valence-corrected chi connectivity index (χ0v) is 14.6. The van der Waals surface area contributed by atoms with E-state index in [1.165, 1.54) is 23.3 Å². The van der Waals surface area contributed by atoms with Gasteiger partial charge >= 0.3 is 0 Å². The van der Waals surface area contributed by atoms with Crippen LogP contribution in [0.3, 0.4) is 0 Å². The number of H-pyrrole nitrogens is 1. The number of benzene rings is 2. The number of aryl methyl sites for hydroxylation is 1. The summed E-state index contributed by atoms with van der Waals surface area (Å²) in [7, 11) is 0. The molecule has 1 aliphatic rings. The van der Waals surface area contributed by atoms with Crippen molar-refractivity contribution in [2.75, 3.05) is 6.54 Å². The minimum atomic E-state index is -0.293. The Morgan fingerprint density at radius 3 is 2.77 bits per heavy atom. The molecule has 0 bridgehead atoms. The Labute approximate surface area is 151 Å². The average Bonchev–Trinajstić information content (AvgIpc) is 3.32. The average molecular weight is 349 g/mol. The number of hydrogen-bond donors (Lipinski definition) is 1. The summed E-state index contributed by atoms with van der Waals surface area (Å²) in [6, 6.07) is 16.3. The minimum Gasteiger partial charge on any atom is -0.330 e. The smallest absolute Gasteiger partial charge is 0.272 e. The third-order valence-electron chi connectivity index (χ3n) is 4.89. The van der Waals surface area contributed by atoms with Crippen molar-refractivity contribution in [2.24, 2.45) is 0 Å². The monoisotopic (exact) mass is 349 g/mol. The number of nitrogens with one attached hydrogen (secondary N) is 1. The van der Waals surface area contributed by atoms with Crippen LogP contribution in [0, 0.1) is 12.7 Å². The second-order valence-electron chi connectivity index (χ2n) is 6.74. The lowest BCUT2D eigenvalue weighted by atomic mass is 10.0. The molecule has 0 aliphatic carbocycles. The van der Waals surface area contributed by atoms with Crippen LogP contribution in [0.15, 0.2) is 54.6 Å². The fourth-order valence-corrected chi connectivity index (χ4v) is 3.59. The highest BCUT2D eigenvalue weighted by atomic mass is 19.1. The van der Waals surface area contributed by atoms with Gasteiger partial charge in [-0.1, -0.05) is 29.8 Å². The molecule has 26 heavy (non-hydrogen) atoms. The maximum absolute atomic E-state index is 13.1. The van der Waals surface area contributed by atoms with Crippen molar-refractivity contribution in [3.63, 3.8) is 0 Å². The van der Waals surface area contributed by atoms with Crippen LogP contribution in [0.4, 0.5) is 4.39 Å². The van der Waals surface area contributed by atoms with E-state index in [1.54, 1.807) is 18.2 Å². The first-order valence-corrected chi connectivity index (χ1v) is 8.81. The summed E-state index contributed by atoms with van der Waals surface area (Å²) >= 11 is 0. The van der Waals surface area contributed by atoms with Crippen LogP contribution in [-0.4, -0.2) is 27.5 Å². The first-order chi connectivity index (χ1) is 12.6. The summed E-state index contributed by atoms with van der Waals surface area (Å²) in [6.07, 6.45) is 1.96. The van der Waals surface area contributed by atoms with E-state index in [2.05, 4.69) is 35.3 Å². The van der Waals surface area contributed by atoms with Crippen LogP contribution in [-0.2, 0) is 0 Å². The summed E-state index contributed by atoms with van der Waals surface area (Å²) in [4.78, 5) is 14.9. The molecule has 0 saturated carbocycles. The summed E-state index contributed by atoms with van der Waals surface area (Å²) in [5, 5.41) is 7.07. The quantitative estimate of drug-likeness (QED) is 0.757. The molecule has 1 atom stereocenters. The van der Waals surface area contributed by atoms with E-state index in [4.69, 9.17) is 0 Å². The number of aromatic amines is 1. The molecule has 0 radical (unpaired) electrons. The molecule has 132 valence electrons. The van der Waals surface area contributed by atoms with Crippen molar-refractivity contribution in [3.8, 4) is 11.3 Å². The van der Waals surface area contributed by atoms with E-state index >= 15 is 0 Å². The number of likely N-dealkylation sites (tertiary alicyclic amines) is 1. The van der Waals surface area contributed by atoms with Gasteiger partial charge in [-0.3, -0.25) is 9.89 Å². The Kier molecular flexibility index (Phi) is 4.29. The molecule has 1 N–H and O–H groups in total. The van der Waals surface area contributed by atoms with Crippen molar-refractivity contribution in [2.45, 2.75) is 25.8 Å². The number of carbonyl (C=O) groups is 1. The second-order valence-corrected chi connectivity index (χ2v) is 6.74. The number of aromatic nitrogens is 2. The molecule has 0 unspecified atom stereocenters. The maximum atomic E-state index is 13.1. The zero-order chi connectivity index (χ0) is 18.1. The summed E-state index contributed by atoms with van der Waals surface area (Å²) in [6.45, 7) is 2.80. The molecule has 4 rings (SSSR count). The number of rotatable bonds is 3. The molecule has 2 heterocycles. The molecule has 0 spiro atoms. The highest BCUT2D eigenvalue weighted by Crippen LogP contribution is 2.33. The lowest BCUT2D eigenvalue weighted by Gasteiger charge is -2.24. The first-order valence-electron chi connectivity index (χ1n) is 8.81. The van der Waals surface area contributed by atoms with Gasteiger partial charge in [-0.05, 0) is 55.7 Å². The van der Waals surface area contributed by atoms with E-state index in [0.29, 0.717) is 11.4 Å². The summed E-state index contributed by atoms with van der Waals surface area (Å²) in [5.74, 6) is -0.339. The number of halogens is 1. The Bertz CT molecular complexity index is 932. The normalized spacial score (nSPS) is 16.8. The molecule has 1 amide bonds. The van der Waals surface area contributed by atoms with E-state index in [9.17, 15) is 9.18 Å². The van der Waals surface area contributed by atoms with Crippen LogP contribution in [0.25, 0.3) is 11.3 Å². The van der Waals surface area contributed by atoms with Crippen molar-refractivity contribution in [3.05, 3.63) is 77.2 Å². The summed E-state index contributed by atoms with van der Waals surface area (Å²) < 4.78 is 13.1. The van der Waals surface area contributed by atoms with Gasteiger partial charge in [0.05, 0.1) is 11.7 Å². The van der Waals surface area contributed by atoms with Gasteiger partial charge in [0.15, 0.2) is 0 Å². The van der Waals surface area contributed by atoms with E-state index in [-0.39, 0.29) is 17.8 Å². The lowest BCUT2D eigenvalue weighted by Crippen LogP contribution is -2.30. The molecular formula is C21H20FN3O. The Balaban J connectivity index is 1.58. The standard InChI is InChI=1S/C21H20FN3O/c1-14-4-2-5-16(12-14)20-6-3-11-25(20)21(26)19-13-18(23-24-19)15-7-9-17(22)10-8-15/h2,4-5,7-10,12-13,20H,3,6,11H2,1H3,(H,23,24)/t20-/m1/s1. The number of carbonyl (C=O) groups excluding carboxylic acids is 1. The van der Waals surface area contributed by atoms with Crippen LogP contribution in [0.1, 0.15) is 40.5 Å². The zero-order valence-electron chi connectivity index (χ0n) is 14.6. The Hall–Kier alpha value is -2.95. The van der Waals surface area contributed by atoms with Crippen LogP contribution in [0.5, 0.6) is 0 Å². The number of amides is 1. The van der Waals surface area contributed by atoms with Gasteiger partial charge in [-0.15, -0.1) is 0 Å². The molecule has 3 aromatic rings. The Morgan fingerprint density at radius 2 is 2.00 bits per heavy atom. The number of hydrogen-bond acceptors (Lipinski definition) is 2. The van der Waals surface area contributed by atoms with Gasteiger partial charge in [0.25, 0.3) is 5.91 Å². The van der Waals surface area contributed by atoms with Crippen molar-refractivity contribution in [1.82, 2.24) is 15.1 Å². The van der Waals surface area contributed by atoms with E-state index < -0.39 is 0 Å². The fraction of sp³-hybridized carbons (Fsp3) is 0.238. The van der Waals surface area contributed by atoms with Gasteiger partial charge in [-0.2, -0.15) is 5.10 Å². The molecule has 1 aromatic heterocycles. The van der Waals surface area contributed by atoms with Gasteiger partial charge in [0.2, 0.25) is 0 Å². The molecule has 4 nitrogen and oxygen atoms in total. The van der Waals surface area contributed by atoms with Crippen molar-refractivity contribution in [1.29, 1.82) is 0 Å². The SMILES string of the molecule is Cc1cccc([C@H]2CCCN2C(=O)c2cc(-c3ccc(F)cc3)n[nH]2)c1. The van der Waals surface area contributed by atoms with Crippen molar-refractivity contribution >= 4 is 5.91 Å². The maximum Gasteiger partial charge on any atom is 0.272 e. The predicted octanol–water partition coefficient (Wildman–Crippen LogP) is 4.50. The van der Waals surface area contributed by atoms with E-state index in [0.717, 1.165) is 24.9 Å². The van der Waals surface area contributed by atoms with E-state index in [1.807, 2.05) is 11.0 Å². The molecule has 5 heteroatoms. The highest BCUT2D eigenvalue weighted by Gasteiger charge is 2.31. The highest BCUT2D eigenvalue weighted by molar-refractivity contribution is 5.93. The Morgan fingerprint density at radius 1 is 1.19 bits per heavy atom. The van der Waals surface area contributed by atoms with Gasteiger partial charge in [-0.25, -0.2) is 4.39 Å². The third kappa shape index (κ3) is 3.12. The van der Waals surface area contributed by atoms with Gasteiger partial charge in [0.1, 0.15) is 11.5 Å². The lowest BCUT2D eigenvalue weighted by molar-refractivity contribution is 0.0729.